The number of nitrogens with two attached hydrogens (primary N) is 1. The maximum atomic E-state index is 11.9. The molecule has 0 bridgehead atoms. The molecule has 1 unspecified atom stereocenters. The summed E-state index contributed by atoms with van der Waals surface area (Å²) in [5.74, 6) is 5.85. The summed E-state index contributed by atoms with van der Waals surface area (Å²) in [4.78, 5) is 11.9. The molecule has 1 amide bonds. The molecular formula is C16H16N2O2. The highest BCUT2D eigenvalue weighted by molar-refractivity contribution is 5.91. The summed E-state index contributed by atoms with van der Waals surface area (Å²) in [6.45, 7) is 2.24. The van der Waals surface area contributed by atoms with Gasteiger partial charge >= 0.3 is 0 Å². The Kier molecular flexibility index (Phi) is 4.59. The normalized spacial score (nSPS) is 11.3. The summed E-state index contributed by atoms with van der Waals surface area (Å²) in [5.41, 5.74) is 7.22. The molecule has 1 aromatic heterocycles. The largest absolute Gasteiger partial charge is 0.459 e. The van der Waals surface area contributed by atoms with E-state index in [0.717, 1.165) is 11.1 Å². The average molecular weight is 268 g/mol. The van der Waals surface area contributed by atoms with Crippen molar-refractivity contribution in [3.8, 4) is 11.8 Å². The fourth-order valence-electron chi connectivity index (χ4n) is 1.80. The molecule has 2 rings (SSSR count). The second kappa shape index (κ2) is 6.60. The smallest absolute Gasteiger partial charge is 0.287 e. The Morgan fingerprint density at radius 2 is 2.25 bits per heavy atom. The predicted octanol–water partition coefficient (Wildman–Crippen LogP) is 2.08. The third-order valence-electron chi connectivity index (χ3n) is 2.81. The van der Waals surface area contributed by atoms with E-state index in [1.54, 1.807) is 12.1 Å². The number of benzene rings is 1. The average Bonchev–Trinajstić information content (AvgIpc) is 2.99. The number of hydrogen-bond donors (Lipinski definition) is 2. The minimum Gasteiger partial charge on any atom is -0.459 e. The first-order valence-electron chi connectivity index (χ1n) is 6.34. The number of rotatable bonds is 3. The third kappa shape index (κ3) is 3.50. The van der Waals surface area contributed by atoms with Crippen molar-refractivity contribution >= 4 is 5.91 Å². The van der Waals surface area contributed by atoms with Gasteiger partial charge in [-0.2, -0.15) is 0 Å². The maximum Gasteiger partial charge on any atom is 0.287 e. The molecule has 20 heavy (non-hydrogen) atoms. The van der Waals surface area contributed by atoms with Crippen LogP contribution in [0.2, 0.25) is 0 Å². The number of furan rings is 1. The standard InChI is InChI=1S/C16H16N2O2/c1-12(18-16(19)15-8-4-10-20-15)14-7-2-5-13(11-14)6-3-9-17/h2,4-5,7-8,10-12H,9,17H2,1H3,(H,18,19). The molecule has 0 fully saturated rings. The van der Waals surface area contributed by atoms with E-state index in [1.807, 2.05) is 31.2 Å². The monoisotopic (exact) mass is 268 g/mol. The summed E-state index contributed by atoms with van der Waals surface area (Å²) in [6.07, 6.45) is 1.47. The van der Waals surface area contributed by atoms with Gasteiger partial charge in [-0.1, -0.05) is 24.0 Å². The number of carbonyl (C=O) groups is 1. The van der Waals surface area contributed by atoms with Crippen molar-refractivity contribution in [2.24, 2.45) is 5.73 Å². The second-order valence-electron chi connectivity index (χ2n) is 4.30. The molecule has 3 N–H and O–H groups in total. The molecule has 0 spiro atoms. The van der Waals surface area contributed by atoms with Gasteiger partial charge in [0.05, 0.1) is 18.8 Å². The van der Waals surface area contributed by atoms with Crippen molar-refractivity contribution in [3.63, 3.8) is 0 Å². The Labute approximate surface area is 118 Å². The minimum atomic E-state index is -0.235. The number of nitrogens with one attached hydrogen (secondary N) is 1. The number of hydrogen-bond acceptors (Lipinski definition) is 3. The van der Waals surface area contributed by atoms with Crippen LogP contribution in [-0.4, -0.2) is 12.5 Å². The van der Waals surface area contributed by atoms with Gasteiger partial charge in [0.1, 0.15) is 0 Å². The lowest BCUT2D eigenvalue weighted by Gasteiger charge is -2.13. The lowest BCUT2D eigenvalue weighted by atomic mass is 10.1. The second-order valence-corrected chi connectivity index (χ2v) is 4.30. The van der Waals surface area contributed by atoms with Crippen LogP contribution < -0.4 is 11.1 Å². The zero-order valence-corrected chi connectivity index (χ0v) is 11.2. The summed E-state index contributed by atoms with van der Waals surface area (Å²) in [6, 6.07) is 10.9. The van der Waals surface area contributed by atoms with Crippen LogP contribution in [0.4, 0.5) is 0 Å². The summed E-state index contributed by atoms with van der Waals surface area (Å²) in [5, 5.41) is 2.88. The van der Waals surface area contributed by atoms with E-state index in [9.17, 15) is 4.79 Å². The van der Waals surface area contributed by atoms with E-state index in [4.69, 9.17) is 10.2 Å². The summed E-state index contributed by atoms with van der Waals surface area (Å²) < 4.78 is 5.06. The van der Waals surface area contributed by atoms with E-state index in [0.29, 0.717) is 12.3 Å². The predicted molar refractivity (Wildman–Crippen MR) is 77.0 cm³/mol. The molecule has 1 aromatic carbocycles. The van der Waals surface area contributed by atoms with Crippen molar-refractivity contribution in [2.45, 2.75) is 13.0 Å². The summed E-state index contributed by atoms with van der Waals surface area (Å²) in [7, 11) is 0. The molecule has 1 heterocycles. The van der Waals surface area contributed by atoms with Gasteiger partial charge in [-0.25, -0.2) is 0 Å². The van der Waals surface area contributed by atoms with Gasteiger partial charge in [0, 0.05) is 5.56 Å². The van der Waals surface area contributed by atoms with E-state index >= 15 is 0 Å². The lowest BCUT2D eigenvalue weighted by Crippen LogP contribution is -2.26. The first kappa shape index (κ1) is 13.9. The van der Waals surface area contributed by atoms with Crippen LogP contribution in [-0.2, 0) is 0 Å². The molecule has 0 aliphatic rings. The fourth-order valence-corrected chi connectivity index (χ4v) is 1.80. The summed E-state index contributed by atoms with van der Waals surface area (Å²) >= 11 is 0. The van der Waals surface area contributed by atoms with Crippen LogP contribution in [0.25, 0.3) is 0 Å². The van der Waals surface area contributed by atoms with E-state index in [1.165, 1.54) is 6.26 Å². The molecule has 1 atom stereocenters. The molecule has 0 saturated carbocycles. The quantitative estimate of drug-likeness (QED) is 0.837. The van der Waals surface area contributed by atoms with Crippen LogP contribution in [0.3, 0.4) is 0 Å². The van der Waals surface area contributed by atoms with Gasteiger partial charge < -0.3 is 15.5 Å². The van der Waals surface area contributed by atoms with Crippen LogP contribution in [0.1, 0.15) is 34.6 Å². The minimum absolute atomic E-state index is 0.132. The topological polar surface area (TPSA) is 68.3 Å². The van der Waals surface area contributed by atoms with Crippen molar-refractivity contribution in [1.29, 1.82) is 0 Å². The van der Waals surface area contributed by atoms with Gasteiger partial charge in [-0.15, -0.1) is 0 Å². The highest BCUT2D eigenvalue weighted by atomic mass is 16.3. The van der Waals surface area contributed by atoms with Gasteiger partial charge in [-0.3, -0.25) is 4.79 Å². The first-order chi connectivity index (χ1) is 9.70. The van der Waals surface area contributed by atoms with Crippen LogP contribution >= 0.6 is 0 Å². The Hall–Kier alpha value is -2.51. The van der Waals surface area contributed by atoms with Gasteiger partial charge in [0.15, 0.2) is 5.76 Å². The van der Waals surface area contributed by atoms with Gasteiger partial charge in [0.2, 0.25) is 0 Å². The van der Waals surface area contributed by atoms with E-state index in [2.05, 4.69) is 17.2 Å². The molecule has 4 nitrogen and oxygen atoms in total. The molecule has 102 valence electrons. The highest BCUT2D eigenvalue weighted by Crippen LogP contribution is 2.14. The molecule has 0 saturated heterocycles. The molecule has 0 radical (unpaired) electrons. The molecular weight excluding hydrogens is 252 g/mol. The lowest BCUT2D eigenvalue weighted by molar-refractivity contribution is 0.0912. The van der Waals surface area contributed by atoms with Crippen LogP contribution in [0.15, 0.2) is 47.1 Å². The van der Waals surface area contributed by atoms with Crippen molar-refractivity contribution < 1.29 is 9.21 Å². The molecule has 4 heteroatoms. The van der Waals surface area contributed by atoms with Crippen molar-refractivity contribution in [2.75, 3.05) is 6.54 Å². The number of amides is 1. The maximum absolute atomic E-state index is 11.9. The van der Waals surface area contributed by atoms with E-state index in [-0.39, 0.29) is 11.9 Å². The van der Waals surface area contributed by atoms with Crippen molar-refractivity contribution in [1.82, 2.24) is 5.32 Å². The molecule has 0 aliphatic heterocycles. The van der Waals surface area contributed by atoms with Gasteiger partial charge in [-0.05, 0) is 36.8 Å². The fraction of sp³-hybridized carbons (Fsp3) is 0.188. The first-order valence-corrected chi connectivity index (χ1v) is 6.34. The number of carbonyl (C=O) groups excluding carboxylic acids is 1. The van der Waals surface area contributed by atoms with Crippen LogP contribution in [0.5, 0.6) is 0 Å². The Morgan fingerprint density at radius 3 is 2.95 bits per heavy atom. The van der Waals surface area contributed by atoms with Gasteiger partial charge in [0.25, 0.3) is 5.91 Å². The Bertz CT molecular complexity index is 636. The van der Waals surface area contributed by atoms with E-state index < -0.39 is 0 Å². The molecule has 0 aliphatic carbocycles. The molecule has 2 aromatic rings. The van der Waals surface area contributed by atoms with Crippen molar-refractivity contribution in [3.05, 3.63) is 59.5 Å². The van der Waals surface area contributed by atoms with Crippen LogP contribution in [0, 0.1) is 11.8 Å². The Balaban J connectivity index is 2.09. The Morgan fingerprint density at radius 1 is 1.40 bits per heavy atom. The SMILES string of the molecule is CC(NC(=O)c1ccco1)c1cccc(C#CCN)c1. The zero-order chi connectivity index (χ0) is 14.4. The highest BCUT2D eigenvalue weighted by Gasteiger charge is 2.13. The zero-order valence-electron chi connectivity index (χ0n) is 11.2. The third-order valence-corrected chi connectivity index (χ3v) is 2.81.